The van der Waals surface area contributed by atoms with Gasteiger partial charge in [-0.3, -0.25) is 28.9 Å². The molecule has 0 aliphatic heterocycles. The van der Waals surface area contributed by atoms with E-state index in [1.807, 2.05) is 25.1 Å². The minimum Gasteiger partial charge on any atom is -0.507 e. The van der Waals surface area contributed by atoms with Crippen molar-refractivity contribution in [3.63, 3.8) is 0 Å². The number of carbonyl (C=O) groups is 5. The molecular weight excluding hydrogens is 504 g/mol. The molecule has 10 nitrogen and oxygen atoms in total. The molecular formula is C29H30N2O8. The Morgan fingerprint density at radius 2 is 1.77 bits per heavy atom. The molecule has 5 rings (SSSR count). The number of para-hydroxylation sites is 1. The van der Waals surface area contributed by atoms with E-state index in [4.69, 9.17) is 10.5 Å². The van der Waals surface area contributed by atoms with Crippen LogP contribution in [0.1, 0.15) is 29.3 Å². The van der Waals surface area contributed by atoms with Crippen molar-refractivity contribution in [1.29, 1.82) is 0 Å². The van der Waals surface area contributed by atoms with Gasteiger partial charge in [-0.2, -0.15) is 0 Å². The summed E-state index contributed by atoms with van der Waals surface area (Å²) in [7, 11) is 3.10. The van der Waals surface area contributed by atoms with Crippen molar-refractivity contribution in [1.82, 2.24) is 4.90 Å². The van der Waals surface area contributed by atoms with Gasteiger partial charge in [-0.15, -0.1) is 0 Å². The molecule has 0 bridgehead atoms. The predicted octanol–water partition coefficient (Wildman–Crippen LogP) is 0.933. The van der Waals surface area contributed by atoms with Crippen LogP contribution >= 0.6 is 0 Å². The molecule has 2 unspecified atom stereocenters. The summed E-state index contributed by atoms with van der Waals surface area (Å²) in [6.07, 6.45) is 0.169. The Hall–Kier alpha value is -3.89. The molecule has 10 heteroatoms. The van der Waals surface area contributed by atoms with Gasteiger partial charge >= 0.3 is 0 Å². The van der Waals surface area contributed by atoms with Gasteiger partial charge in [0.25, 0.3) is 0 Å². The predicted molar refractivity (Wildman–Crippen MR) is 138 cm³/mol. The highest BCUT2D eigenvalue weighted by atomic mass is 16.5. The number of nitrogens with zero attached hydrogens (tertiary/aromatic N) is 1. The van der Waals surface area contributed by atoms with Gasteiger partial charge in [-0.25, -0.2) is 0 Å². The molecule has 2 fully saturated rings. The van der Waals surface area contributed by atoms with E-state index in [0.29, 0.717) is 29.0 Å². The number of ketones is 4. The highest BCUT2D eigenvalue weighted by Crippen LogP contribution is 2.52. The SMILES string of the molecule is CCOc1ccccc1-c1ccc(O)c2c1C[C@H]1C[C@H]3[C@H](N(C)C)C(=O)C(C(N)=O)C(=O)[C@@]3(O)C(=O)C1C2=O. The molecule has 2 aromatic rings. The molecule has 39 heavy (non-hydrogen) atoms. The fourth-order valence-electron chi connectivity index (χ4n) is 6.83. The Bertz CT molecular complexity index is 1430. The zero-order chi connectivity index (χ0) is 28.4. The number of primary amides is 1. The lowest BCUT2D eigenvalue weighted by Gasteiger charge is -2.52. The first-order valence-corrected chi connectivity index (χ1v) is 12.9. The summed E-state index contributed by atoms with van der Waals surface area (Å²) < 4.78 is 5.79. The van der Waals surface area contributed by atoms with E-state index in [2.05, 4.69) is 0 Å². The van der Waals surface area contributed by atoms with Crippen LogP contribution in [0.5, 0.6) is 11.5 Å². The van der Waals surface area contributed by atoms with Crippen molar-refractivity contribution in [2.45, 2.75) is 31.4 Å². The first kappa shape index (κ1) is 26.7. The molecule has 6 atom stereocenters. The number of ether oxygens (including phenoxy) is 1. The number of aliphatic hydroxyl groups is 1. The Morgan fingerprint density at radius 3 is 2.41 bits per heavy atom. The van der Waals surface area contributed by atoms with Gasteiger partial charge in [-0.1, -0.05) is 24.3 Å². The van der Waals surface area contributed by atoms with E-state index >= 15 is 0 Å². The molecule has 4 N–H and O–H groups in total. The van der Waals surface area contributed by atoms with Crippen LogP contribution in [0.15, 0.2) is 36.4 Å². The van der Waals surface area contributed by atoms with Crippen LogP contribution in [0.4, 0.5) is 0 Å². The zero-order valence-electron chi connectivity index (χ0n) is 21.8. The topological polar surface area (TPSA) is 164 Å². The molecule has 0 saturated heterocycles. The zero-order valence-corrected chi connectivity index (χ0v) is 21.8. The summed E-state index contributed by atoms with van der Waals surface area (Å²) in [6, 6.07) is 9.19. The first-order valence-electron chi connectivity index (χ1n) is 12.9. The number of likely N-dealkylation sites (N-methyl/N-ethyl adjacent to an activating group) is 1. The molecule has 204 valence electrons. The van der Waals surface area contributed by atoms with E-state index in [0.717, 1.165) is 0 Å². The van der Waals surface area contributed by atoms with Crippen LogP contribution in [0.3, 0.4) is 0 Å². The van der Waals surface area contributed by atoms with E-state index in [9.17, 15) is 34.2 Å². The number of aromatic hydroxyl groups is 1. The maximum Gasteiger partial charge on any atom is 0.235 e. The normalized spacial score (nSPS) is 30.0. The van der Waals surface area contributed by atoms with Crippen LogP contribution in [0.25, 0.3) is 11.1 Å². The average Bonchev–Trinajstić information content (AvgIpc) is 2.87. The molecule has 3 aliphatic carbocycles. The number of Topliss-reactive ketones (excluding diaryl/α,β-unsaturated/α-hetero) is 4. The highest BCUT2D eigenvalue weighted by molar-refractivity contribution is 6.32. The molecule has 0 radical (unpaired) electrons. The number of amides is 1. The monoisotopic (exact) mass is 534 g/mol. The van der Waals surface area contributed by atoms with Crippen LogP contribution < -0.4 is 10.5 Å². The van der Waals surface area contributed by atoms with Gasteiger partial charge in [0, 0.05) is 11.5 Å². The largest absolute Gasteiger partial charge is 0.507 e. The maximum absolute atomic E-state index is 13.9. The quantitative estimate of drug-likeness (QED) is 0.473. The van der Waals surface area contributed by atoms with E-state index in [1.165, 1.54) is 11.0 Å². The summed E-state index contributed by atoms with van der Waals surface area (Å²) in [6.45, 7) is 2.26. The standard InChI is InChI=1S/C29H30N2O8/c1-4-39-19-8-6-5-7-15(19)14-9-10-18(32)21-16(14)11-13-12-17-23(31(2)3)25(34)22(28(30)37)27(36)29(17,38)26(35)20(13)24(21)33/h5-10,13,17,20,22-23,32,38H,4,11-12H2,1-3H3,(H2,30,37)/t13-,17-,20?,22?,23-,29-/m0/s1. The van der Waals surface area contributed by atoms with Gasteiger partial charge in [0.1, 0.15) is 11.5 Å². The second-order valence-corrected chi connectivity index (χ2v) is 10.7. The molecule has 2 aromatic carbocycles. The first-order chi connectivity index (χ1) is 18.4. The summed E-state index contributed by atoms with van der Waals surface area (Å²) >= 11 is 0. The maximum atomic E-state index is 13.9. The van der Waals surface area contributed by atoms with E-state index < -0.39 is 64.4 Å². The average molecular weight is 535 g/mol. The van der Waals surface area contributed by atoms with E-state index in [1.54, 1.807) is 26.2 Å². The molecule has 0 aromatic heterocycles. The molecule has 3 aliphatic rings. The van der Waals surface area contributed by atoms with Crippen LogP contribution in [-0.2, 0) is 25.6 Å². The Balaban J connectivity index is 1.66. The van der Waals surface area contributed by atoms with E-state index in [-0.39, 0.29) is 24.2 Å². The second kappa shape index (κ2) is 9.39. The lowest BCUT2D eigenvalue weighted by Crippen LogP contribution is -2.74. The summed E-state index contributed by atoms with van der Waals surface area (Å²) in [5.74, 6) is -10.1. The number of nitrogens with two attached hydrogens (primary N) is 1. The van der Waals surface area contributed by atoms with Gasteiger partial charge in [0.05, 0.1) is 24.1 Å². The van der Waals surface area contributed by atoms with Gasteiger partial charge in [0.2, 0.25) is 5.91 Å². The van der Waals surface area contributed by atoms with Crippen molar-refractivity contribution in [3.8, 4) is 22.6 Å². The fraction of sp³-hybridized carbons (Fsp3) is 0.414. The molecule has 0 heterocycles. The summed E-state index contributed by atoms with van der Waals surface area (Å²) in [5, 5.41) is 22.4. The minimum absolute atomic E-state index is 0.00784. The second-order valence-electron chi connectivity index (χ2n) is 10.7. The molecule has 2 saturated carbocycles. The third-order valence-electron chi connectivity index (χ3n) is 8.42. The van der Waals surface area contributed by atoms with Gasteiger partial charge < -0.3 is 20.7 Å². The number of rotatable bonds is 5. The Labute approximate surface area is 224 Å². The molecule has 1 amide bonds. The highest BCUT2D eigenvalue weighted by Gasteiger charge is 2.69. The van der Waals surface area contributed by atoms with Gasteiger partial charge in [0.15, 0.2) is 34.7 Å². The summed E-state index contributed by atoms with van der Waals surface area (Å²) in [5.41, 5.74) is 4.44. The lowest BCUT2D eigenvalue weighted by molar-refractivity contribution is -0.181. The number of fused-ring (bicyclic) bond motifs is 3. The van der Waals surface area contributed by atoms with Crippen LogP contribution in [-0.4, -0.2) is 76.5 Å². The number of phenolic OH excluding ortho intramolecular Hbond substituents is 1. The Kier molecular flexibility index (Phi) is 6.43. The minimum atomic E-state index is -2.74. The summed E-state index contributed by atoms with van der Waals surface area (Å²) in [4.78, 5) is 68.0. The van der Waals surface area contributed by atoms with Crippen molar-refractivity contribution in [2.24, 2.45) is 29.4 Å². The Morgan fingerprint density at radius 1 is 1.08 bits per heavy atom. The number of carbonyl (C=O) groups excluding carboxylic acids is 5. The van der Waals surface area contributed by atoms with Gasteiger partial charge in [-0.05, 0) is 63.0 Å². The van der Waals surface area contributed by atoms with Crippen molar-refractivity contribution >= 4 is 29.0 Å². The fourth-order valence-corrected chi connectivity index (χ4v) is 6.83. The van der Waals surface area contributed by atoms with Crippen molar-refractivity contribution < 1.29 is 38.9 Å². The third kappa shape index (κ3) is 3.73. The number of hydrogen-bond donors (Lipinski definition) is 3. The number of phenols is 1. The number of benzene rings is 2. The molecule has 0 spiro atoms. The number of hydrogen-bond acceptors (Lipinski definition) is 9. The van der Waals surface area contributed by atoms with Crippen molar-refractivity contribution in [3.05, 3.63) is 47.5 Å². The third-order valence-corrected chi connectivity index (χ3v) is 8.42. The lowest BCUT2D eigenvalue weighted by atomic mass is 9.52. The van der Waals surface area contributed by atoms with Crippen LogP contribution in [0.2, 0.25) is 0 Å². The smallest absolute Gasteiger partial charge is 0.235 e. The van der Waals surface area contributed by atoms with Crippen LogP contribution in [0, 0.1) is 23.7 Å². The van der Waals surface area contributed by atoms with Crippen molar-refractivity contribution in [2.75, 3.05) is 20.7 Å².